The average molecular weight is 624 g/mol. The van der Waals surface area contributed by atoms with E-state index in [1.54, 1.807) is 4.90 Å². The number of unbranched alkanes of at least 4 members (excludes halogenated alkanes) is 1. The number of carbonyl (C=O) groups is 2. The van der Waals surface area contributed by atoms with Crippen LogP contribution in [0.25, 0.3) is 11.3 Å². The van der Waals surface area contributed by atoms with Crippen molar-refractivity contribution < 1.29 is 32.6 Å². The topological polar surface area (TPSA) is 99.1 Å². The second-order valence-corrected chi connectivity index (χ2v) is 12.8. The highest BCUT2D eigenvalue weighted by Gasteiger charge is 2.62. The number of carbonyl (C=O) groups excluding carboxylic acids is 2. The molecular formula is C32H31F2N3O6S. The van der Waals surface area contributed by atoms with Gasteiger partial charge in [0.25, 0.3) is 5.91 Å². The van der Waals surface area contributed by atoms with E-state index in [9.17, 15) is 14.4 Å². The van der Waals surface area contributed by atoms with Gasteiger partial charge in [0.1, 0.15) is 6.67 Å². The van der Waals surface area contributed by atoms with Crippen LogP contribution >= 0.6 is 11.8 Å². The molecule has 0 spiro atoms. The smallest absolute Gasteiger partial charge is 0.451 e. The molecule has 2 aliphatic heterocycles. The Morgan fingerprint density at radius 1 is 1.11 bits per heavy atom. The molecule has 230 valence electrons. The molecule has 0 unspecified atom stereocenters. The first-order valence-electron chi connectivity index (χ1n) is 14.8. The predicted octanol–water partition coefficient (Wildman–Crippen LogP) is 5.79. The van der Waals surface area contributed by atoms with Crippen molar-refractivity contribution in [1.82, 2.24) is 9.58 Å². The minimum absolute atomic E-state index is 0.0895. The number of benzene rings is 2. The fourth-order valence-corrected chi connectivity index (χ4v) is 7.78. The molecule has 3 aromatic rings. The van der Waals surface area contributed by atoms with Crippen LogP contribution in [-0.4, -0.2) is 47.2 Å². The summed E-state index contributed by atoms with van der Waals surface area (Å²) < 4.78 is 47.5. The molecule has 9 nitrogen and oxygen atoms in total. The van der Waals surface area contributed by atoms with Crippen molar-refractivity contribution in [2.45, 2.75) is 61.6 Å². The van der Waals surface area contributed by atoms with E-state index in [1.807, 2.05) is 31.2 Å². The van der Waals surface area contributed by atoms with Crippen LogP contribution in [0, 0.1) is 17.6 Å². The number of ether oxygens (including phenoxy) is 3. The Kier molecular flexibility index (Phi) is 7.26. The normalized spacial score (nSPS) is 21.0. The van der Waals surface area contributed by atoms with Crippen LogP contribution < -0.4 is 15.6 Å². The highest BCUT2D eigenvalue weighted by atomic mass is 32.2. The van der Waals surface area contributed by atoms with Crippen LogP contribution in [0.5, 0.6) is 5.75 Å². The van der Waals surface area contributed by atoms with Crippen molar-refractivity contribution in [3.05, 3.63) is 80.6 Å². The zero-order valence-electron chi connectivity index (χ0n) is 24.1. The highest BCUT2D eigenvalue weighted by molar-refractivity contribution is 7.98. The molecule has 8 rings (SSSR count). The lowest BCUT2D eigenvalue weighted by molar-refractivity contribution is -0.124. The van der Waals surface area contributed by atoms with Gasteiger partial charge in [0, 0.05) is 33.4 Å². The number of nitrogens with one attached hydrogen (secondary N) is 1. The average Bonchev–Trinajstić information content (AvgIpc) is 3.16. The van der Waals surface area contributed by atoms with Gasteiger partial charge in [-0.15, -0.1) is 11.8 Å². The number of fused-ring (bicyclic) bond motifs is 3. The molecule has 3 saturated carbocycles. The maximum Gasteiger partial charge on any atom is 0.511 e. The fourth-order valence-electron chi connectivity index (χ4n) is 6.68. The molecule has 3 heterocycles. The fraction of sp³-hybridized carbons (Fsp3) is 0.406. The lowest BCUT2D eigenvalue weighted by atomic mass is 9.49. The molecule has 44 heavy (non-hydrogen) atoms. The van der Waals surface area contributed by atoms with E-state index in [4.69, 9.17) is 14.2 Å². The summed E-state index contributed by atoms with van der Waals surface area (Å²) in [6.07, 6.45) is 3.53. The first-order chi connectivity index (χ1) is 21.3. The highest BCUT2D eigenvalue weighted by Crippen LogP contribution is 2.61. The molecule has 2 aromatic carbocycles. The summed E-state index contributed by atoms with van der Waals surface area (Å²) in [5, 5.41) is 0. The quantitative estimate of drug-likeness (QED) is 0.191. The summed E-state index contributed by atoms with van der Waals surface area (Å²) >= 11 is 1.42. The van der Waals surface area contributed by atoms with E-state index in [0.29, 0.717) is 29.9 Å². The van der Waals surface area contributed by atoms with Crippen LogP contribution in [0.15, 0.2) is 46.1 Å². The third kappa shape index (κ3) is 4.70. The minimum Gasteiger partial charge on any atom is -0.451 e. The number of hydrogen-bond acceptors (Lipinski definition) is 8. The van der Waals surface area contributed by atoms with Gasteiger partial charge < -0.3 is 24.5 Å². The molecule has 1 N–H and O–H groups in total. The van der Waals surface area contributed by atoms with Crippen LogP contribution in [-0.2, 0) is 21.6 Å². The molecule has 0 radical (unpaired) electrons. The standard InChI is InChI=1S/C32H31F2N3O6S/c1-2-3-8-41-31(40)43-17-42-29-25(38)11-24(37-28(29)30(39)36(16-35-37)32-12-18(13-32)14-32)21-10-23(33)27(34)22-15-44-26-7-5-4-6-19(26)9-20(21)22/h4-7,10-11,18,35H,2-3,8-9,12-17H2,1H3. The largest absolute Gasteiger partial charge is 0.511 e. The number of thioether (sulfide) groups is 1. The molecule has 3 fully saturated rings. The minimum atomic E-state index is -1.04. The van der Waals surface area contributed by atoms with Gasteiger partial charge in [-0.25, -0.2) is 18.3 Å². The Labute approximate surface area is 256 Å². The van der Waals surface area contributed by atoms with Crippen molar-refractivity contribution in [2.75, 3.05) is 25.5 Å². The zero-order valence-corrected chi connectivity index (χ0v) is 24.9. The third-order valence-corrected chi connectivity index (χ3v) is 10.2. The van der Waals surface area contributed by atoms with Crippen LogP contribution in [0.3, 0.4) is 0 Å². The van der Waals surface area contributed by atoms with Crippen LogP contribution in [0.1, 0.15) is 66.2 Å². The van der Waals surface area contributed by atoms with Crippen molar-refractivity contribution >= 4 is 23.8 Å². The number of hydrogen-bond donors (Lipinski definition) is 1. The Morgan fingerprint density at radius 2 is 1.91 bits per heavy atom. The maximum atomic E-state index is 15.3. The molecular weight excluding hydrogens is 592 g/mol. The summed E-state index contributed by atoms with van der Waals surface area (Å²) in [5.74, 6) is -1.89. The predicted molar refractivity (Wildman–Crippen MR) is 158 cm³/mol. The van der Waals surface area contributed by atoms with Crippen molar-refractivity contribution in [3.63, 3.8) is 0 Å². The van der Waals surface area contributed by atoms with Gasteiger partial charge in [-0.05, 0) is 61.3 Å². The zero-order chi connectivity index (χ0) is 30.6. The summed E-state index contributed by atoms with van der Waals surface area (Å²) in [4.78, 5) is 42.4. The summed E-state index contributed by atoms with van der Waals surface area (Å²) in [6.45, 7) is 1.65. The van der Waals surface area contributed by atoms with Gasteiger partial charge in [-0.3, -0.25) is 9.59 Å². The van der Waals surface area contributed by atoms with E-state index < -0.39 is 35.9 Å². The lowest BCUT2D eigenvalue weighted by Gasteiger charge is -2.66. The molecule has 3 aliphatic carbocycles. The number of pyridine rings is 1. The summed E-state index contributed by atoms with van der Waals surface area (Å²) in [7, 11) is 0. The SMILES string of the molecule is CCCCOC(=O)OCOc1c2n(c(-c3cc(F)c(F)c4c3Cc3ccccc3SC4)cc1=O)NCN(C13CC(C1)C3)C2=O. The number of halogens is 2. The maximum absolute atomic E-state index is 15.3. The van der Waals surface area contributed by atoms with Gasteiger partial charge in [0.2, 0.25) is 18.0 Å². The van der Waals surface area contributed by atoms with E-state index in [2.05, 4.69) is 5.43 Å². The monoisotopic (exact) mass is 623 g/mol. The molecule has 12 heteroatoms. The lowest BCUT2D eigenvalue weighted by Crippen LogP contribution is -2.71. The number of nitrogens with zero attached hydrogens (tertiary/aromatic N) is 2. The van der Waals surface area contributed by atoms with Crippen molar-refractivity contribution in [3.8, 4) is 17.0 Å². The first kappa shape index (κ1) is 28.7. The first-order valence-corrected chi connectivity index (χ1v) is 15.8. The third-order valence-electron chi connectivity index (χ3n) is 9.11. The second-order valence-electron chi connectivity index (χ2n) is 11.8. The number of rotatable bonds is 8. The van der Waals surface area contributed by atoms with Gasteiger partial charge in [0.15, 0.2) is 17.3 Å². The Balaban J connectivity index is 1.31. The van der Waals surface area contributed by atoms with E-state index in [0.717, 1.165) is 42.2 Å². The molecule has 0 atom stereocenters. The van der Waals surface area contributed by atoms with E-state index in [-0.39, 0.29) is 47.3 Å². The summed E-state index contributed by atoms with van der Waals surface area (Å²) in [6, 6.07) is 10.0. The Bertz CT molecular complexity index is 1730. The van der Waals surface area contributed by atoms with Crippen molar-refractivity contribution in [2.24, 2.45) is 5.92 Å². The Morgan fingerprint density at radius 3 is 2.66 bits per heavy atom. The van der Waals surface area contributed by atoms with Crippen LogP contribution in [0.4, 0.5) is 13.6 Å². The van der Waals surface area contributed by atoms with E-state index in [1.165, 1.54) is 22.5 Å². The van der Waals surface area contributed by atoms with Gasteiger partial charge in [0.05, 0.1) is 12.3 Å². The molecule has 1 amide bonds. The second kappa shape index (κ2) is 11.1. The Hall–Kier alpha value is -4.06. The van der Waals surface area contributed by atoms with E-state index >= 15 is 8.78 Å². The molecule has 0 saturated heterocycles. The van der Waals surface area contributed by atoms with Gasteiger partial charge in [-0.2, -0.15) is 0 Å². The van der Waals surface area contributed by atoms with Gasteiger partial charge in [-0.1, -0.05) is 31.5 Å². The number of amides is 1. The van der Waals surface area contributed by atoms with Gasteiger partial charge >= 0.3 is 6.16 Å². The molecule has 5 aliphatic rings. The number of aromatic nitrogens is 1. The molecule has 2 bridgehead atoms. The van der Waals surface area contributed by atoms with Crippen molar-refractivity contribution in [1.29, 1.82) is 0 Å². The molecule has 1 aromatic heterocycles. The summed E-state index contributed by atoms with van der Waals surface area (Å²) in [5.41, 5.74) is 4.43. The van der Waals surface area contributed by atoms with Crippen LogP contribution in [0.2, 0.25) is 0 Å².